The smallest absolute Gasteiger partial charge is 0.0798 e. The molecule has 0 bridgehead atoms. The maximum atomic E-state index is 8.40. The van der Waals surface area contributed by atoms with Crippen molar-refractivity contribution in [2.24, 2.45) is 17.7 Å². The Morgan fingerprint density at radius 1 is 0.343 bits per heavy atom. The molecule has 6 nitrogen and oxygen atoms in total. The molecule has 102 heavy (non-hydrogen) atoms. The molecule has 12 rings (SSSR count). The fourth-order valence-corrected chi connectivity index (χ4v) is 14.9. The van der Waals surface area contributed by atoms with Crippen molar-refractivity contribution in [2.45, 2.75) is 140 Å². The van der Waals surface area contributed by atoms with E-state index in [1.165, 1.54) is 24.8 Å². The molecule has 12 heteroatoms. The number of hydrogen-bond donors (Lipinski definition) is 0. The van der Waals surface area contributed by atoms with Crippen molar-refractivity contribution in [3.05, 3.63) is 307 Å². The largest absolute Gasteiger partial charge is 0.305 e. The third-order valence-electron chi connectivity index (χ3n) is 14.9. The molecule has 0 N–H and O–H groups in total. The van der Waals surface area contributed by atoms with E-state index in [4.69, 9.17) is 32.9 Å². The van der Waals surface area contributed by atoms with E-state index in [0.29, 0.717) is 28.2 Å². The minimum Gasteiger partial charge on any atom is -0.305 e. The van der Waals surface area contributed by atoms with Crippen LogP contribution in [-0.2, 0) is 79.6 Å². The molecule has 12 aromatic rings. The Morgan fingerprint density at radius 2 is 0.686 bits per heavy atom. The first kappa shape index (κ1) is 56.2. The van der Waals surface area contributed by atoms with Crippen LogP contribution in [0.15, 0.2) is 237 Å². The first-order valence-electron chi connectivity index (χ1n) is 44.4. The second-order valence-electron chi connectivity index (χ2n) is 26.4. The standard InChI is InChI=1S/3C18H24NSi.3C12H10N.3Ir/c3*1-14(2)11-16-12-17(15-9-7-6-8-10-15)19-13-18(16)20(3,4)5;1-10-6-5-9-12(13-10)11-7-3-2-4-8-11;1-10-7-8-13-12(9-10)11-5-3-2-4-6-11;1-10-7-8-12(13-9-10)11-5-3-2-4-6-11;;;/h3*6-9,12-14H,11H2,1-5H3;2-7,9H,1H3;2*2-5,7-9H,1H3;;;/q6*-1;;;/i2*1D3,2D3,14D;1D3,14D;1D3;;1D3;;;. The number of rotatable bonds is 15. The van der Waals surface area contributed by atoms with Crippen molar-refractivity contribution in [3.8, 4) is 67.5 Å². The predicted molar refractivity (Wildman–Crippen MR) is 430 cm³/mol. The first-order chi connectivity index (χ1) is 56.8. The minimum atomic E-state index is -2.95. The van der Waals surface area contributed by atoms with Gasteiger partial charge in [0, 0.05) is 130 Å². The van der Waals surface area contributed by atoms with E-state index in [2.05, 4.69) is 138 Å². The zero-order chi connectivity index (χ0) is 91.8. The van der Waals surface area contributed by atoms with Crippen LogP contribution in [0.5, 0.6) is 0 Å². The van der Waals surface area contributed by atoms with E-state index in [-0.39, 0.29) is 90.8 Å². The Kier molecular flexibility index (Phi) is 23.8. The number of pyridine rings is 6. The molecule has 1 unspecified atom stereocenters. The summed E-state index contributed by atoms with van der Waals surface area (Å²) in [5.41, 5.74) is 13.0. The molecule has 1 atom stereocenters. The fourth-order valence-electron chi connectivity index (χ4n) is 10.2. The van der Waals surface area contributed by atoms with E-state index in [1.54, 1.807) is 73.1 Å². The van der Waals surface area contributed by atoms with Gasteiger partial charge in [0.25, 0.3) is 0 Å². The average molecular weight is 1950 g/mol. The van der Waals surface area contributed by atoms with Gasteiger partial charge in [-0.05, 0) is 125 Å². The van der Waals surface area contributed by atoms with Crippen LogP contribution in [-0.4, -0.2) is 54.1 Å². The molecule has 6 aromatic carbocycles. The van der Waals surface area contributed by atoms with Crippen molar-refractivity contribution in [2.75, 3.05) is 0 Å². The molecule has 0 saturated carbocycles. The van der Waals surface area contributed by atoms with Gasteiger partial charge in [-0.25, -0.2) is 0 Å². The Morgan fingerprint density at radius 3 is 0.990 bits per heavy atom. The molecule has 0 aliphatic heterocycles. The summed E-state index contributed by atoms with van der Waals surface area (Å²) in [6.07, 6.45) is 7.91. The molecule has 537 valence electrons. The molecule has 6 aromatic heterocycles. The molecule has 0 aliphatic carbocycles. The van der Waals surface area contributed by atoms with Gasteiger partial charge in [-0.15, -0.1) is 215 Å². The van der Waals surface area contributed by atoms with Crippen LogP contribution in [0.25, 0.3) is 67.5 Å². The molecule has 0 aliphatic rings. The van der Waals surface area contributed by atoms with Gasteiger partial charge in [0.2, 0.25) is 0 Å². The van der Waals surface area contributed by atoms with Crippen LogP contribution < -0.4 is 15.6 Å². The predicted octanol–water partition coefficient (Wildman–Crippen LogP) is 21.4. The molecule has 0 saturated heterocycles. The number of aromatic nitrogens is 6. The van der Waals surface area contributed by atoms with Gasteiger partial charge in [-0.3, -0.25) is 0 Å². The van der Waals surface area contributed by atoms with Gasteiger partial charge < -0.3 is 29.9 Å². The monoisotopic (exact) mass is 1950 g/mol. The van der Waals surface area contributed by atoms with E-state index >= 15 is 0 Å². The Hall–Kier alpha value is -7.18. The SMILES string of the molecule is Cc1ccnc(-c2[c-]cccc2)c1.[2H]C([2H])([2H])C([2H])(C)Cc1cc(-c2[c-]cccc2)ncc1[Si](C)(C)C.[2H]C([2H])([2H])C([2H])(Cc1cc(-c2[c-]cccc2)ncc1[Si](C)(C)C)C([2H])([2H])[2H].[2H]C([2H])([2H])C([2H])(Cc1cc(-c2[c-]cccc2)ncc1[Si](C)(C)C)C([2H])([2H])[2H].[2H]C([2H])([2H])c1ccc(-c2[c-]cccc2)nc1.[2H]C([2H])([2H])c1cccc(-c2[c-]cccc2)n1.[Ir].[Ir].[Ir]. The molecule has 6 heterocycles. The minimum absolute atomic E-state index is 0. The van der Waals surface area contributed by atoms with Crippen LogP contribution in [0.4, 0.5) is 0 Å². The van der Waals surface area contributed by atoms with Crippen LogP contribution in [0.3, 0.4) is 0 Å². The number of nitrogens with zero attached hydrogens (tertiary/aromatic N) is 6. The third-order valence-corrected chi connectivity index (χ3v) is 21.1. The van der Waals surface area contributed by atoms with Crippen molar-refractivity contribution in [1.82, 2.24) is 29.9 Å². The van der Waals surface area contributed by atoms with Gasteiger partial charge >= 0.3 is 0 Å². The van der Waals surface area contributed by atoms with E-state index in [9.17, 15) is 0 Å². The van der Waals surface area contributed by atoms with Crippen LogP contribution in [0, 0.1) is 74.7 Å². The van der Waals surface area contributed by atoms with Gasteiger partial charge in [0.15, 0.2) is 0 Å². The number of aryl methyl sites for hydroxylation is 3. The van der Waals surface area contributed by atoms with Crippen molar-refractivity contribution < 1.29 is 93.2 Å². The second-order valence-corrected chi connectivity index (χ2v) is 41.5. The van der Waals surface area contributed by atoms with E-state index in [1.807, 2.05) is 146 Å². The third kappa shape index (κ3) is 29.2. The summed E-state index contributed by atoms with van der Waals surface area (Å²) >= 11 is 0. The Balaban J connectivity index is 0.000000321. The van der Waals surface area contributed by atoms with Crippen molar-refractivity contribution in [3.63, 3.8) is 0 Å². The Labute approximate surface area is 690 Å². The molecule has 0 spiro atoms. The normalized spacial score (nSPS) is 15.9. The number of hydrogen-bond acceptors (Lipinski definition) is 6. The van der Waals surface area contributed by atoms with Crippen LogP contribution in [0.1, 0.15) is 108 Å². The first-order valence-corrected chi connectivity index (χ1v) is 42.9. The van der Waals surface area contributed by atoms with Crippen LogP contribution >= 0.6 is 0 Å². The summed E-state index contributed by atoms with van der Waals surface area (Å²) in [6.45, 7) is 4.29. The maximum Gasteiger partial charge on any atom is 0.0798 e. The zero-order valence-electron chi connectivity index (χ0n) is 83.3. The second kappa shape index (κ2) is 43.2. The molecule has 3 radical (unpaired) electrons. The molecule has 0 amide bonds. The van der Waals surface area contributed by atoms with E-state index < -0.39 is 89.9 Å². The summed E-state index contributed by atoms with van der Waals surface area (Å²) in [5, 5.41) is 2.85. The molecular formula is C90H102Ir3N6Si3-6. The maximum absolute atomic E-state index is 8.40. The van der Waals surface area contributed by atoms with Crippen LogP contribution in [0.2, 0.25) is 58.9 Å². The summed E-state index contributed by atoms with van der Waals surface area (Å²) in [7, 11) is -5.59. The van der Waals surface area contributed by atoms with Gasteiger partial charge in [0.05, 0.1) is 24.2 Å². The van der Waals surface area contributed by atoms with Gasteiger partial charge in [-0.2, -0.15) is 0 Å². The quantitative estimate of drug-likeness (QED) is 0.0752. The summed E-state index contributed by atoms with van der Waals surface area (Å²) in [5.74, 6) is -6.71. The van der Waals surface area contributed by atoms with E-state index in [0.717, 1.165) is 71.6 Å². The average Bonchev–Trinajstić information content (AvgIpc) is 0.756. The van der Waals surface area contributed by atoms with Gasteiger partial charge in [0.1, 0.15) is 0 Å². The van der Waals surface area contributed by atoms with Gasteiger partial charge in [-0.1, -0.05) is 171 Å². The summed E-state index contributed by atoms with van der Waals surface area (Å²) in [6, 6.07) is 81.0. The summed E-state index contributed by atoms with van der Waals surface area (Å²) < 4.78 is 184. The zero-order valence-corrected chi connectivity index (χ0v) is 69.5. The van der Waals surface area contributed by atoms with Crippen molar-refractivity contribution >= 4 is 39.8 Å². The topological polar surface area (TPSA) is 77.3 Å². The molecular weight excluding hydrogens is 1830 g/mol. The number of benzene rings is 6. The van der Waals surface area contributed by atoms with Crippen molar-refractivity contribution in [1.29, 1.82) is 0 Å². The molecule has 0 fully saturated rings. The fraction of sp³-hybridized carbons (Fsp3) is 0.267. The summed E-state index contributed by atoms with van der Waals surface area (Å²) in [4.78, 5) is 26.1. The Bertz CT molecular complexity index is 5180.